The molecule has 1 unspecified atom stereocenters. The van der Waals surface area contributed by atoms with Crippen molar-refractivity contribution in [3.05, 3.63) is 17.5 Å². The van der Waals surface area contributed by atoms with Crippen molar-refractivity contribution < 1.29 is 4.74 Å². The van der Waals surface area contributed by atoms with E-state index in [0.717, 1.165) is 43.5 Å². The topological polar surface area (TPSA) is 50.3 Å². The number of nitrogens with zero attached hydrogens (tertiary/aromatic N) is 3. The number of anilines is 1. The highest BCUT2D eigenvalue weighted by Gasteiger charge is 2.15. The van der Waals surface area contributed by atoms with Gasteiger partial charge in [-0.05, 0) is 20.9 Å². The quantitative estimate of drug-likeness (QED) is 0.845. The molecular formula is C12H20N4O. The van der Waals surface area contributed by atoms with Crippen molar-refractivity contribution in [3.8, 4) is 0 Å². The van der Waals surface area contributed by atoms with Gasteiger partial charge in [0.15, 0.2) is 0 Å². The van der Waals surface area contributed by atoms with Gasteiger partial charge in [-0.1, -0.05) is 0 Å². The Morgan fingerprint density at radius 3 is 2.71 bits per heavy atom. The third-order valence-corrected chi connectivity index (χ3v) is 3.20. The molecule has 0 saturated carbocycles. The van der Waals surface area contributed by atoms with Crippen LogP contribution in [0.5, 0.6) is 0 Å². The monoisotopic (exact) mass is 236 g/mol. The molecule has 0 bridgehead atoms. The minimum absolute atomic E-state index is 0.286. The lowest BCUT2D eigenvalue weighted by Gasteiger charge is -2.27. The normalized spacial score (nSPS) is 18.2. The zero-order valence-electron chi connectivity index (χ0n) is 10.7. The molecule has 17 heavy (non-hydrogen) atoms. The van der Waals surface area contributed by atoms with Crippen molar-refractivity contribution in [2.24, 2.45) is 0 Å². The van der Waals surface area contributed by atoms with Gasteiger partial charge in [0.05, 0.1) is 13.2 Å². The van der Waals surface area contributed by atoms with Gasteiger partial charge >= 0.3 is 0 Å². The number of rotatable bonds is 3. The zero-order chi connectivity index (χ0) is 12.3. The molecule has 1 aliphatic heterocycles. The van der Waals surface area contributed by atoms with Crippen LogP contribution < -0.4 is 10.2 Å². The third-order valence-electron chi connectivity index (χ3n) is 3.20. The highest BCUT2D eigenvalue weighted by Crippen LogP contribution is 2.17. The molecule has 2 rings (SSSR count). The maximum Gasteiger partial charge on any atom is 0.225 e. The fraction of sp³-hybridized carbons (Fsp3) is 0.667. The molecule has 1 aromatic heterocycles. The maximum atomic E-state index is 5.32. The minimum Gasteiger partial charge on any atom is -0.378 e. The summed E-state index contributed by atoms with van der Waals surface area (Å²) in [5.41, 5.74) is 2.20. The molecule has 5 nitrogen and oxygen atoms in total. The van der Waals surface area contributed by atoms with Gasteiger partial charge in [0, 0.05) is 36.6 Å². The Bertz CT molecular complexity index is 377. The highest BCUT2D eigenvalue weighted by atomic mass is 16.5. The summed E-state index contributed by atoms with van der Waals surface area (Å²) in [5.74, 6) is 0.817. The Morgan fingerprint density at radius 1 is 1.41 bits per heavy atom. The molecule has 2 heterocycles. The van der Waals surface area contributed by atoms with E-state index in [0.29, 0.717) is 0 Å². The van der Waals surface area contributed by atoms with Gasteiger partial charge in [-0.25, -0.2) is 9.97 Å². The van der Waals surface area contributed by atoms with E-state index in [-0.39, 0.29) is 6.04 Å². The predicted molar refractivity (Wildman–Crippen MR) is 67.3 cm³/mol. The minimum atomic E-state index is 0.286. The van der Waals surface area contributed by atoms with Gasteiger partial charge in [0.1, 0.15) is 0 Å². The Hall–Kier alpha value is -1.20. The standard InChI is InChI=1S/C12H20N4O/c1-9(13-3)11-8-14-12(15-10(11)2)16-4-6-17-7-5-16/h8-9,13H,4-7H2,1-3H3. The van der Waals surface area contributed by atoms with E-state index in [1.165, 1.54) is 0 Å². The average Bonchev–Trinajstić information content (AvgIpc) is 2.39. The number of hydrogen-bond acceptors (Lipinski definition) is 5. The van der Waals surface area contributed by atoms with E-state index in [4.69, 9.17) is 4.74 Å². The van der Waals surface area contributed by atoms with Crippen molar-refractivity contribution in [1.29, 1.82) is 0 Å². The van der Waals surface area contributed by atoms with Crippen LogP contribution in [0.4, 0.5) is 5.95 Å². The molecular weight excluding hydrogens is 216 g/mol. The lowest BCUT2D eigenvalue weighted by Crippen LogP contribution is -2.37. The first kappa shape index (κ1) is 12.3. The number of morpholine rings is 1. The van der Waals surface area contributed by atoms with Gasteiger partial charge < -0.3 is 15.0 Å². The molecule has 0 aromatic carbocycles. The van der Waals surface area contributed by atoms with E-state index in [1.807, 2.05) is 20.2 Å². The van der Waals surface area contributed by atoms with Gasteiger partial charge in [0.25, 0.3) is 0 Å². The third kappa shape index (κ3) is 2.73. The Kier molecular flexibility index (Phi) is 3.91. The van der Waals surface area contributed by atoms with E-state index >= 15 is 0 Å². The van der Waals surface area contributed by atoms with Crippen LogP contribution in [0.3, 0.4) is 0 Å². The molecule has 1 atom stereocenters. The van der Waals surface area contributed by atoms with Crippen LogP contribution >= 0.6 is 0 Å². The summed E-state index contributed by atoms with van der Waals surface area (Å²) in [6.07, 6.45) is 1.92. The van der Waals surface area contributed by atoms with Crippen LogP contribution in [0, 0.1) is 6.92 Å². The zero-order valence-corrected chi connectivity index (χ0v) is 10.7. The number of aromatic nitrogens is 2. The molecule has 1 saturated heterocycles. The van der Waals surface area contributed by atoms with E-state index in [2.05, 4.69) is 27.1 Å². The first-order valence-electron chi connectivity index (χ1n) is 6.06. The van der Waals surface area contributed by atoms with Crippen LogP contribution in [0.2, 0.25) is 0 Å². The second-order valence-electron chi connectivity index (χ2n) is 4.32. The van der Waals surface area contributed by atoms with E-state index in [1.54, 1.807) is 0 Å². The number of nitrogens with one attached hydrogen (secondary N) is 1. The molecule has 94 valence electrons. The van der Waals surface area contributed by atoms with E-state index in [9.17, 15) is 0 Å². The van der Waals surface area contributed by atoms with Crippen molar-refractivity contribution in [3.63, 3.8) is 0 Å². The molecule has 5 heteroatoms. The van der Waals surface area contributed by atoms with Crippen molar-refractivity contribution >= 4 is 5.95 Å². The highest BCUT2D eigenvalue weighted by molar-refractivity contribution is 5.34. The van der Waals surface area contributed by atoms with Crippen LogP contribution in [0.25, 0.3) is 0 Å². The van der Waals surface area contributed by atoms with Crippen molar-refractivity contribution in [2.45, 2.75) is 19.9 Å². The lowest BCUT2D eigenvalue weighted by atomic mass is 10.1. The second kappa shape index (κ2) is 5.42. The number of hydrogen-bond donors (Lipinski definition) is 1. The summed E-state index contributed by atoms with van der Waals surface area (Å²) in [6.45, 7) is 7.42. The maximum absolute atomic E-state index is 5.32. The van der Waals surface area contributed by atoms with Gasteiger partial charge in [-0.3, -0.25) is 0 Å². The predicted octanol–water partition coefficient (Wildman–Crippen LogP) is 0.902. The number of ether oxygens (including phenoxy) is 1. The molecule has 0 aliphatic carbocycles. The second-order valence-corrected chi connectivity index (χ2v) is 4.32. The summed E-state index contributed by atoms with van der Waals surface area (Å²) < 4.78 is 5.32. The molecule has 1 N–H and O–H groups in total. The molecule has 0 amide bonds. The molecule has 1 aliphatic rings. The fourth-order valence-electron chi connectivity index (χ4n) is 1.96. The molecule has 1 fully saturated rings. The largest absolute Gasteiger partial charge is 0.378 e. The molecule has 1 aromatic rings. The van der Waals surface area contributed by atoms with Crippen LogP contribution in [0.1, 0.15) is 24.2 Å². The first-order chi connectivity index (χ1) is 8.22. The van der Waals surface area contributed by atoms with Crippen molar-refractivity contribution in [1.82, 2.24) is 15.3 Å². The Balaban J connectivity index is 2.17. The van der Waals surface area contributed by atoms with Gasteiger partial charge in [-0.15, -0.1) is 0 Å². The summed E-state index contributed by atoms with van der Waals surface area (Å²) in [4.78, 5) is 11.2. The van der Waals surface area contributed by atoms with Gasteiger partial charge in [-0.2, -0.15) is 0 Å². The smallest absolute Gasteiger partial charge is 0.225 e. The SMILES string of the molecule is CNC(C)c1cnc(N2CCOCC2)nc1C. The Morgan fingerprint density at radius 2 is 2.12 bits per heavy atom. The van der Waals surface area contributed by atoms with Crippen LogP contribution in [0.15, 0.2) is 6.20 Å². The Labute approximate surface area is 102 Å². The van der Waals surface area contributed by atoms with Crippen LogP contribution in [-0.4, -0.2) is 43.3 Å². The van der Waals surface area contributed by atoms with E-state index < -0.39 is 0 Å². The summed E-state index contributed by atoms with van der Waals surface area (Å²) in [6, 6.07) is 0.286. The summed E-state index contributed by atoms with van der Waals surface area (Å²) >= 11 is 0. The first-order valence-corrected chi connectivity index (χ1v) is 6.06. The fourth-order valence-corrected chi connectivity index (χ4v) is 1.96. The summed E-state index contributed by atoms with van der Waals surface area (Å²) in [5, 5.41) is 3.21. The number of aryl methyl sites for hydroxylation is 1. The lowest BCUT2D eigenvalue weighted by molar-refractivity contribution is 0.122. The van der Waals surface area contributed by atoms with Crippen LogP contribution in [-0.2, 0) is 4.74 Å². The molecule has 0 radical (unpaired) electrons. The molecule has 0 spiro atoms. The van der Waals surface area contributed by atoms with Gasteiger partial charge in [0.2, 0.25) is 5.95 Å². The summed E-state index contributed by atoms with van der Waals surface area (Å²) in [7, 11) is 1.94. The average molecular weight is 236 g/mol. The van der Waals surface area contributed by atoms with Crippen molar-refractivity contribution in [2.75, 3.05) is 38.3 Å².